The van der Waals surface area contributed by atoms with Crippen molar-refractivity contribution in [3.63, 3.8) is 0 Å². The normalized spacial score (nSPS) is 16.4. The van der Waals surface area contributed by atoms with Crippen LogP contribution in [0.3, 0.4) is 0 Å². The van der Waals surface area contributed by atoms with Gasteiger partial charge < -0.3 is 9.64 Å². The van der Waals surface area contributed by atoms with Gasteiger partial charge >= 0.3 is 0 Å². The highest BCUT2D eigenvalue weighted by Gasteiger charge is 2.33. The third kappa shape index (κ3) is 3.58. The average Bonchev–Trinajstić information content (AvgIpc) is 3.32. The highest BCUT2D eigenvalue weighted by atomic mass is 19.1. The van der Waals surface area contributed by atoms with Crippen LogP contribution in [0.25, 0.3) is 0 Å². The summed E-state index contributed by atoms with van der Waals surface area (Å²) in [5.41, 5.74) is 1.22. The van der Waals surface area contributed by atoms with Crippen molar-refractivity contribution in [3.8, 4) is 11.6 Å². The molecular weight excluding hydrogens is 361 g/mol. The molecule has 0 spiro atoms. The quantitative estimate of drug-likeness (QED) is 0.692. The lowest BCUT2D eigenvalue weighted by Crippen LogP contribution is -2.31. The predicted octanol–water partition coefficient (Wildman–Crippen LogP) is 3.43. The Bertz CT molecular complexity index is 1020. The highest BCUT2D eigenvalue weighted by molar-refractivity contribution is 5.94. The largest absolute Gasteiger partial charge is 0.436 e. The van der Waals surface area contributed by atoms with Crippen molar-refractivity contribution in [3.05, 3.63) is 65.6 Å². The average molecular weight is 381 g/mol. The summed E-state index contributed by atoms with van der Waals surface area (Å²) in [7, 11) is 1.77. The number of aromatic nitrogens is 4. The molecule has 144 valence electrons. The van der Waals surface area contributed by atoms with Crippen molar-refractivity contribution in [2.24, 2.45) is 7.05 Å². The number of carbonyl (C=O) groups excluding carboxylic acids is 1. The number of nitrogens with zero attached hydrogens (tertiary/aromatic N) is 5. The zero-order valence-corrected chi connectivity index (χ0v) is 15.7. The molecule has 0 unspecified atom stereocenters. The fourth-order valence-electron chi connectivity index (χ4n) is 3.38. The molecule has 1 amide bonds. The van der Waals surface area contributed by atoms with E-state index in [1.54, 1.807) is 53.3 Å². The van der Waals surface area contributed by atoms with Crippen molar-refractivity contribution >= 4 is 5.91 Å². The van der Waals surface area contributed by atoms with Gasteiger partial charge in [0.05, 0.1) is 17.8 Å². The second-order valence-electron chi connectivity index (χ2n) is 6.80. The summed E-state index contributed by atoms with van der Waals surface area (Å²) in [5.74, 6) is 0.294. The molecule has 0 N–H and O–H groups in total. The van der Waals surface area contributed by atoms with Gasteiger partial charge in [-0.3, -0.25) is 9.48 Å². The molecule has 1 saturated heterocycles. The molecule has 3 heterocycles. The van der Waals surface area contributed by atoms with Gasteiger partial charge in [-0.1, -0.05) is 12.1 Å². The van der Waals surface area contributed by atoms with Gasteiger partial charge in [0.2, 0.25) is 5.88 Å². The van der Waals surface area contributed by atoms with Crippen LogP contribution in [0.2, 0.25) is 0 Å². The van der Waals surface area contributed by atoms with Gasteiger partial charge in [-0.15, -0.1) is 0 Å². The number of halogens is 1. The molecule has 4 rings (SSSR count). The zero-order chi connectivity index (χ0) is 19.7. The van der Waals surface area contributed by atoms with Crippen LogP contribution in [0.15, 0.2) is 42.7 Å². The minimum Gasteiger partial charge on any atom is -0.436 e. The Morgan fingerprint density at radius 2 is 2.11 bits per heavy atom. The number of para-hydroxylation sites is 1. The van der Waals surface area contributed by atoms with Crippen LogP contribution >= 0.6 is 0 Å². The summed E-state index contributed by atoms with van der Waals surface area (Å²) in [4.78, 5) is 23.6. The lowest BCUT2D eigenvalue weighted by molar-refractivity contribution is 0.0729. The number of hydrogen-bond donors (Lipinski definition) is 0. The molecular formula is C20H20FN5O2. The van der Waals surface area contributed by atoms with E-state index in [1.165, 1.54) is 6.07 Å². The lowest BCUT2D eigenvalue weighted by Gasteiger charge is -2.23. The van der Waals surface area contributed by atoms with Crippen LogP contribution in [0.1, 0.15) is 40.8 Å². The van der Waals surface area contributed by atoms with Gasteiger partial charge in [0.15, 0.2) is 17.4 Å². The smallest absolute Gasteiger partial charge is 0.257 e. The molecule has 8 heteroatoms. The Morgan fingerprint density at radius 1 is 1.29 bits per heavy atom. The Hall–Kier alpha value is -3.29. The molecule has 1 fully saturated rings. The van der Waals surface area contributed by atoms with Crippen molar-refractivity contribution in [1.29, 1.82) is 0 Å². The Balaban J connectivity index is 1.62. The van der Waals surface area contributed by atoms with E-state index < -0.39 is 5.82 Å². The van der Waals surface area contributed by atoms with E-state index in [-0.39, 0.29) is 23.6 Å². The summed E-state index contributed by atoms with van der Waals surface area (Å²) >= 11 is 0. The molecule has 28 heavy (non-hydrogen) atoms. The number of hydrogen-bond acceptors (Lipinski definition) is 5. The van der Waals surface area contributed by atoms with E-state index in [2.05, 4.69) is 15.1 Å². The number of likely N-dealkylation sites (tertiary alicyclic amines) is 1. The topological polar surface area (TPSA) is 73.1 Å². The summed E-state index contributed by atoms with van der Waals surface area (Å²) in [5, 5.41) is 4.07. The molecule has 1 atom stereocenters. The van der Waals surface area contributed by atoms with E-state index >= 15 is 0 Å². The minimum absolute atomic E-state index is 0.0984. The standard InChI is InChI=1S/C20H20FN5O2/c1-13-10-18(28-17-8-4-3-6-15(17)21)24-19(23-13)16-7-5-9-26(16)20(27)14-11-22-25(2)12-14/h3-4,6,8,10-12,16H,5,7,9H2,1-2H3/t16-/m1/s1. The van der Waals surface area contributed by atoms with E-state index in [4.69, 9.17) is 4.74 Å². The zero-order valence-electron chi connectivity index (χ0n) is 15.7. The van der Waals surface area contributed by atoms with Crippen molar-refractivity contribution in [2.75, 3.05) is 6.54 Å². The molecule has 7 nitrogen and oxygen atoms in total. The first-order valence-electron chi connectivity index (χ1n) is 9.09. The van der Waals surface area contributed by atoms with Gasteiger partial charge in [0.1, 0.15) is 0 Å². The Morgan fingerprint density at radius 3 is 2.86 bits per heavy atom. The van der Waals surface area contributed by atoms with Gasteiger partial charge in [-0.2, -0.15) is 10.1 Å². The fourth-order valence-corrected chi connectivity index (χ4v) is 3.38. The second kappa shape index (κ2) is 7.38. The van der Waals surface area contributed by atoms with Crippen LogP contribution in [0, 0.1) is 12.7 Å². The molecule has 0 aliphatic carbocycles. The number of amides is 1. The minimum atomic E-state index is -0.463. The van der Waals surface area contributed by atoms with Gasteiger partial charge in [0.25, 0.3) is 5.91 Å². The van der Waals surface area contributed by atoms with Crippen LogP contribution in [-0.4, -0.2) is 37.1 Å². The fraction of sp³-hybridized carbons (Fsp3) is 0.300. The first kappa shape index (κ1) is 18.1. The Kier molecular flexibility index (Phi) is 4.77. The molecule has 1 aromatic carbocycles. The van der Waals surface area contributed by atoms with E-state index in [9.17, 15) is 9.18 Å². The number of ether oxygens (including phenoxy) is 1. The highest BCUT2D eigenvalue weighted by Crippen LogP contribution is 2.33. The maximum absolute atomic E-state index is 13.9. The SMILES string of the molecule is Cc1cc(Oc2ccccc2F)nc([C@H]2CCCN2C(=O)c2cnn(C)c2)n1. The number of rotatable bonds is 4. The number of aryl methyl sites for hydroxylation is 2. The molecule has 2 aromatic heterocycles. The van der Waals surface area contributed by atoms with E-state index in [1.807, 2.05) is 6.92 Å². The molecule has 0 radical (unpaired) electrons. The molecule has 1 aliphatic heterocycles. The molecule has 1 aliphatic rings. The number of benzene rings is 1. The van der Waals surface area contributed by atoms with Crippen molar-refractivity contribution < 1.29 is 13.9 Å². The summed E-state index contributed by atoms with van der Waals surface area (Å²) in [6, 6.07) is 7.56. The van der Waals surface area contributed by atoms with Crippen LogP contribution in [0.5, 0.6) is 11.6 Å². The maximum atomic E-state index is 13.9. The second-order valence-corrected chi connectivity index (χ2v) is 6.80. The maximum Gasteiger partial charge on any atom is 0.257 e. The third-order valence-electron chi connectivity index (χ3n) is 4.66. The van der Waals surface area contributed by atoms with Crippen LogP contribution < -0.4 is 4.74 Å². The van der Waals surface area contributed by atoms with Crippen molar-refractivity contribution in [1.82, 2.24) is 24.6 Å². The van der Waals surface area contributed by atoms with Crippen molar-refractivity contribution in [2.45, 2.75) is 25.8 Å². The summed E-state index contributed by atoms with van der Waals surface area (Å²) in [6.45, 7) is 2.45. The monoisotopic (exact) mass is 381 g/mol. The Labute approximate surface area is 161 Å². The van der Waals surface area contributed by atoms with Gasteiger partial charge in [-0.05, 0) is 31.9 Å². The number of carbonyl (C=O) groups is 1. The van der Waals surface area contributed by atoms with E-state index in [0.717, 1.165) is 12.8 Å². The molecule has 0 saturated carbocycles. The van der Waals surface area contributed by atoms with Gasteiger partial charge in [-0.25, -0.2) is 9.37 Å². The van der Waals surface area contributed by atoms with Crippen LogP contribution in [0.4, 0.5) is 4.39 Å². The first-order valence-corrected chi connectivity index (χ1v) is 9.09. The van der Waals surface area contributed by atoms with Crippen LogP contribution in [-0.2, 0) is 7.05 Å². The third-order valence-corrected chi connectivity index (χ3v) is 4.66. The van der Waals surface area contributed by atoms with Gasteiger partial charge in [0, 0.05) is 31.5 Å². The molecule has 3 aromatic rings. The lowest BCUT2D eigenvalue weighted by atomic mass is 10.2. The van der Waals surface area contributed by atoms with E-state index in [0.29, 0.717) is 23.6 Å². The summed E-state index contributed by atoms with van der Waals surface area (Å²) < 4.78 is 21.1. The summed E-state index contributed by atoms with van der Waals surface area (Å²) in [6.07, 6.45) is 4.87. The molecule has 0 bridgehead atoms. The predicted molar refractivity (Wildman–Crippen MR) is 99.5 cm³/mol. The first-order chi connectivity index (χ1) is 13.5.